The number of methoxy groups -OCH3 is 1. The minimum atomic E-state index is -0.373. The van der Waals surface area contributed by atoms with Gasteiger partial charge in [0.05, 0.1) is 18.3 Å². The molecule has 5 nitrogen and oxygen atoms in total. The fourth-order valence-electron chi connectivity index (χ4n) is 3.88. The van der Waals surface area contributed by atoms with E-state index in [1.165, 1.54) is 0 Å². The normalized spacial score (nSPS) is 21.4. The lowest BCUT2D eigenvalue weighted by Crippen LogP contribution is -2.40. The highest BCUT2D eigenvalue weighted by Gasteiger charge is 2.42. The first kappa shape index (κ1) is 17.1. The summed E-state index contributed by atoms with van der Waals surface area (Å²) in [6.45, 7) is 2.15. The van der Waals surface area contributed by atoms with Gasteiger partial charge in [-0.15, -0.1) is 0 Å². The van der Waals surface area contributed by atoms with E-state index < -0.39 is 0 Å². The van der Waals surface area contributed by atoms with E-state index in [0.717, 1.165) is 28.0 Å². The summed E-state index contributed by atoms with van der Waals surface area (Å²) in [7, 11) is 1.67. The Balaban J connectivity index is 1.88. The first-order chi connectivity index (χ1) is 13.1. The van der Waals surface area contributed by atoms with E-state index in [1.807, 2.05) is 24.5 Å². The van der Waals surface area contributed by atoms with Gasteiger partial charge in [-0.3, -0.25) is 0 Å². The maximum absolute atomic E-state index is 6.19. The number of ether oxygens (including phenoxy) is 1. The van der Waals surface area contributed by atoms with E-state index in [0.29, 0.717) is 5.82 Å². The maximum Gasteiger partial charge on any atom is 0.118 e. The van der Waals surface area contributed by atoms with Crippen LogP contribution in [0.2, 0.25) is 0 Å². The Morgan fingerprint density at radius 1 is 1.00 bits per heavy atom. The van der Waals surface area contributed by atoms with Crippen molar-refractivity contribution in [3.63, 3.8) is 0 Å². The molecule has 0 aliphatic carbocycles. The molecule has 5 heteroatoms. The second kappa shape index (κ2) is 6.76. The highest BCUT2D eigenvalue weighted by atomic mass is 16.5. The molecule has 1 aliphatic rings. The zero-order valence-corrected chi connectivity index (χ0v) is 15.4. The van der Waals surface area contributed by atoms with Crippen LogP contribution in [0.1, 0.15) is 18.1 Å². The van der Waals surface area contributed by atoms with Crippen LogP contribution in [0.15, 0.2) is 79.1 Å². The standard InChI is InChI=1S/C22H22N4O/c1-15-22(11-21(23)26-15,18-6-8-20(27-2)9-7-18)19-5-3-4-16(10-19)17-12-24-14-25-13-17/h3-15,26H,23H2,1-2H3. The Morgan fingerprint density at radius 3 is 2.37 bits per heavy atom. The van der Waals surface area contributed by atoms with Crippen molar-refractivity contribution in [1.82, 2.24) is 15.3 Å². The molecule has 4 rings (SSSR count). The number of nitrogens with one attached hydrogen (secondary N) is 1. The van der Waals surface area contributed by atoms with Crippen molar-refractivity contribution in [1.29, 1.82) is 0 Å². The van der Waals surface area contributed by atoms with Gasteiger partial charge in [-0.25, -0.2) is 9.97 Å². The fourth-order valence-corrected chi connectivity index (χ4v) is 3.88. The van der Waals surface area contributed by atoms with E-state index in [1.54, 1.807) is 13.4 Å². The zero-order chi connectivity index (χ0) is 18.9. The van der Waals surface area contributed by atoms with Crippen LogP contribution in [0.5, 0.6) is 5.75 Å². The van der Waals surface area contributed by atoms with Gasteiger partial charge in [0.15, 0.2) is 0 Å². The molecule has 0 saturated heterocycles. The predicted molar refractivity (Wildman–Crippen MR) is 106 cm³/mol. The highest BCUT2D eigenvalue weighted by Crippen LogP contribution is 2.42. The fraction of sp³-hybridized carbons (Fsp3) is 0.182. The largest absolute Gasteiger partial charge is 0.497 e. The Morgan fingerprint density at radius 2 is 1.74 bits per heavy atom. The van der Waals surface area contributed by atoms with Gasteiger partial charge in [-0.1, -0.05) is 30.3 Å². The number of benzene rings is 2. The Labute approximate surface area is 158 Å². The van der Waals surface area contributed by atoms with Crippen molar-refractivity contribution in [2.75, 3.05) is 7.11 Å². The quantitative estimate of drug-likeness (QED) is 0.749. The SMILES string of the molecule is COc1ccc(C2(c3cccc(-c4cncnc4)c3)C=C(N)NC2C)cc1. The van der Waals surface area contributed by atoms with Crippen molar-refractivity contribution in [3.05, 3.63) is 90.3 Å². The van der Waals surface area contributed by atoms with Crippen LogP contribution in [0, 0.1) is 0 Å². The number of hydrogen-bond donors (Lipinski definition) is 2. The Hall–Kier alpha value is -3.34. The number of hydrogen-bond acceptors (Lipinski definition) is 5. The summed E-state index contributed by atoms with van der Waals surface area (Å²) in [4.78, 5) is 8.28. The summed E-state index contributed by atoms with van der Waals surface area (Å²) in [5.41, 5.74) is 10.2. The third kappa shape index (κ3) is 2.91. The average Bonchev–Trinajstić information content (AvgIpc) is 3.03. The van der Waals surface area contributed by atoms with Crippen molar-refractivity contribution < 1.29 is 4.74 Å². The molecule has 2 heterocycles. The van der Waals surface area contributed by atoms with E-state index in [9.17, 15) is 0 Å². The molecule has 2 unspecified atom stereocenters. The minimum absolute atomic E-state index is 0.105. The van der Waals surface area contributed by atoms with Crippen LogP contribution in [0.3, 0.4) is 0 Å². The van der Waals surface area contributed by atoms with E-state index in [2.05, 4.69) is 64.7 Å². The summed E-state index contributed by atoms with van der Waals surface area (Å²) in [5.74, 6) is 1.52. The molecular formula is C22H22N4O. The maximum atomic E-state index is 6.19. The topological polar surface area (TPSA) is 73.1 Å². The smallest absolute Gasteiger partial charge is 0.118 e. The van der Waals surface area contributed by atoms with Gasteiger partial charge >= 0.3 is 0 Å². The molecule has 1 aromatic heterocycles. The molecular weight excluding hydrogens is 336 g/mol. The molecule has 0 fully saturated rings. The van der Waals surface area contributed by atoms with Gasteiger partial charge in [0.25, 0.3) is 0 Å². The first-order valence-corrected chi connectivity index (χ1v) is 8.89. The zero-order valence-electron chi connectivity index (χ0n) is 15.4. The van der Waals surface area contributed by atoms with E-state index in [-0.39, 0.29) is 11.5 Å². The predicted octanol–water partition coefficient (Wildman–Crippen LogP) is 3.23. The minimum Gasteiger partial charge on any atom is -0.497 e. The summed E-state index contributed by atoms with van der Waals surface area (Å²) in [6, 6.07) is 16.8. The second-order valence-corrected chi connectivity index (χ2v) is 6.77. The Kier molecular flexibility index (Phi) is 4.28. The van der Waals surface area contributed by atoms with Gasteiger partial charge in [-0.2, -0.15) is 0 Å². The lowest BCUT2D eigenvalue weighted by atomic mass is 9.70. The lowest BCUT2D eigenvalue weighted by Gasteiger charge is -2.34. The van der Waals surface area contributed by atoms with Crippen LogP contribution in [-0.2, 0) is 5.41 Å². The summed E-state index contributed by atoms with van der Waals surface area (Å²) >= 11 is 0. The molecule has 0 bridgehead atoms. The number of rotatable bonds is 4. The van der Waals surface area contributed by atoms with Crippen LogP contribution in [0.4, 0.5) is 0 Å². The monoisotopic (exact) mass is 358 g/mol. The number of nitrogens with zero attached hydrogens (tertiary/aromatic N) is 2. The molecule has 136 valence electrons. The van der Waals surface area contributed by atoms with Gasteiger partial charge in [0.1, 0.15) is 12.1 Å². The van der Waals surface area contributed by atoms with Crippen molar-refractivity contribution in [2.45, 2.75) is 18.4 Å². The molecule has 3 aromatic rings. The van der Waals surface area contributed by atoms with Crippen molar-refractivity contribution >= 4 is 0 Å². The summed E-state index contributed by atoms with van der Waals surface area (Å²) < 4.78 is 5.33. The van der Waals surface area contributed by atoms with Crippen molar-refractivity contribution in [3.8, 4) is 16.9 Å². The van der Waals surface area contributed by atoms with E-state index in [4.69, 9.17) is 10.5 Å². The van der Waals surface area contributed by atoms with Gasteiger partial charge in [0, 0.05) is 24.0 Å². The molecule has 0 saturated carbocycles. The number of aromatic nitrogens is 2. The molecule has 0 spiro atoms. The first-order valence-electron chi connectivity index (χ1n) is 8.89. The van der Waals surface area contributed by atoms with Crippen LogP contribution in [0.25, 0.3) is 11.1 Å². The molecule has 3 N–H and O–H groups in total. The highest BCUT2D eigenvalue weighted by molar-refractivity contribution is 5.64. The van der Waals surface area contributed by atoms with Gasteiger partial charge in [0.2, 0.25) is 0 Å². The van der Waals surface area contributed by atoms with Gasteiger partial charge < -0.3 is 15.8 Å². The third-order valence-electron chi connectivity index (χ3n) is 5.25. The van der Waals surface area contributed by atoms with Crippen LogP contribution in [-0.4, -0.2) is 23.1 Å². The molecule has 2 aromatic carbocycles. The molecule has 27 heavy (non-hydrogen) atoms. The lowest BCUT2D eigenvalue weighted by molar-refractivity contribution is 0.414. The van der Waals surface area contributed by atoms with Crippen LogP contribution < -0.4 is 15.8 Å². The number of nitrogens with two attached hydrogens (primary N) is 1. The molecule has 1 aliphatic heterocycles. The second-order valence-electron chi connectivity index (χ2n) is 6.77. The third-order valence-corrected chi connectivity index (χ3v) is 5.25. The molecule has 0 amide bonds. The average molecular weight is 358 g/mol. The molecule has 0 radical (unpaired) electrons. The van der Waals surface area contributed by atoms with Gasteiger partial charge in [-0.05, 0) is 47.9 Å². The van der Waals surface area contributed by atoms with Crippen LogP contribution >= 0.6 is 0 Å². The molecule has 2 atom stereocenters. The summed E-state index contributed by atoms with van der Waals surface area (Å²) in [6.07, 6.45) is 7.30. The van der Waals surface area contributed by atoms with E-state index >= 15 is 0 Å². The summed E-state index contributed by atoms with van der Waals surface area (Å²) in [5, 5.41) is 3.38. The van der Waals surface area contributed by atoms with Crippen molar-refractivity contribution in [2.24, 2.45) is 5.73 Å². The Bertz CT molecular complexity index is 969.